The lowest BCUT2D eigenvalue weighted by Crippen LogP contribution is -2.45. The fraction of sp³-hybridized carbons (Fsp3) is 0.800. The van der Waals surface area contributed by atoms with Gasteiger partial charge in [0.1, 0.15) is 6.04 Å². The number of likely N-dealkylation sites (N-methyl/N-ethyl adjacent to an activating group) is 1. The Labute approximate surface area is 90.2 Å². The topological polar surface area (TPSA) is 78.4 Å². The Morgan fingerprint density at radius 1 is 1.33 bits per heavy atom. The first-order valence-electron chi connectivity index (χ1n) is 5.20. The molecule has 0 aromatic rings. The van der Waals surface area contributed by atoms with Gasteiger partial charge in [0.05, 0.1) is 6.54 Å². The zero-order valence-electron chi connectivity index (χ0n) is 9.54. The highest BCUT2D eigenvalue weighted by Gasteiger charge is 2.20. The fourth-order valence-corrected chi connectivity index (χ4v) is 1.18. The number of nitrogens with one attached hydrogen (secondary N) is 2. The van der Waals surface area contributed by atoms with Crippen LogP contribution in [0.3, 0.4) is 0 Å². The van der Waals surface area contributed by atoms with Crippen molar-refractivity contribution in [1.29, 1.82) is 0 Å². The molecule has 0 unspecified atom stereocenters. The maximum absolute atomic E-state index is 11.3. The average Bonchev–Trinajstić information content (AvgIpc) is 2.12. The minimum absolute atomic E-state index is 0.165. The van der Waals surface area contributed by atoms with E-state index in [1.807, 2.05) is 20.8 Å². The number of carbonyl (C=O) groups excluding carboxylic acids is 1. The summed E-state index contributed by atoms with van der Waals surface area (Å²) in [4.78, 5) is 22.1. The lowest BCUT2D eigenvalue weighted by Gasteiger charge is -2.16. The number of hydrogen-bond donors (Lipinski definition) is 3. The number of hydrogen-bond acceptors (Lipinski definition) is 3. The van der Waals surface area contributed by atoms with Gasteiger partial charge in [-0.3, -0.25) is 4.79 Å². The van der Waals surface area contributed by atoms with E-state index in [0.29, 0.717) is 13.0 Å². The van der Waals surface area contributed by atoms with Crippen LogP contribution in [0.15, 0.2) is 0 Å². The van der Waals surface area contributed by atoms with Crippen LogP contribution in [-0.4, -0.2) is 36.1 Å². The van der Waals surface area contributed by atoms with Crippen molar-refractivity contribution in [3.05, 3.63) is 0 Å². The van der Waals surface area contributed by atoms with Gasteiger partial charge in [-0.15, -0.1) is 0 Å². The SMILES string of the molecule is CCNCC(=O)N[C@H](CC(C)C)C(=O)O. The van der Waals surface area contributed by atoms with Crippen molar-refractivity contribution < 1.29 is 14.7 Å². The Morgan fingerprint density at radius 2 is 1.93 bits per heavy atom. The molecule has 3 N–H and O–H groups in total. The van der Waals surface area contributed by atoms with E-state index in [4.69, 9.17) is 5.11 Å². The molecule has 5 heteroatoms. The summed E-state index contributed by atoms with van der Waals surface area (Å²) in [6.07, 6.45) is 0.452. The molecule has 0 rings (SSSR count). The van der Waals surface area contributed by atoms with E-state index in [1.165, 1.54) is 0 Å². The third kappa shape index (κ3) is 6.90. The average molecular weight is 216 g/mol. The lowest BCUT2D eigenvalue weighted by atomic mass is 10.0. The lowest BCUT2D eigenvalue weighted by molar-refractivity contribution is -0.142. The second kappa shape index (κ2) is 7.23. The van der Waals surface area contributed by atoms with E-state index in [0.717, 1.165) is 0 Å². The van der Waals surface area contributed by atoms with Gasteiger partial charge in [-0.05, 0) is 18.9 Å². The van der Waals surface area contributed by atoms with Gasteiger partial charge in [-0.2, -0.15) is 0 Å². The quantitative estimate of drug-likeness (QED) is 0.568. The van der Waals surface area contributed by atoms with Gasteiger partial charge in [-0.25, -0.2) is 4.79 Å². The van der Waals surface area contributed by atoms with Crippen molar-refractivity contribution in [2.45, 2.75) is 33.2 Å². The summed E-state index contributed by atoms with van der Waals surface area (Å²) in [6.45, 7) is 6.59. The Bertz CT molecular complexity index is 217. The number of amides is 1. The first-order chi connectivity index (χ1) is 6.97. The first-order valence-corrected chi connectivity index (χ1v) is 5.20. The second-order valence-electron chi connectivity index (χ2n) is 3.87. The maximum Gasteiger partial charge on any atom is 0.326 e. The van der Waals surface area contributed by atoms with Crippen molar-refractivity contribution in [2.24, 2.45) is 5.92 Å². The molecule has 5 nitrogen and oxygen atoms in total. The van der Waals surface area contributed by atoms with Crippen molar-refractivity contribution in [3.8, 4) is 0 Å². The van der Waals surface area contributed by atoms with Crippen molar-refractivity contribution in [3.63, 3.8) is 0 Å². The number of carboxylic acids is 1. The van der Waals surface area contributed by atoms with Crippen LogP contribution in [0.5, 0.6) is 0 Å². The van der Waals surface area contributed by atoms with Crippen LogP contribution in [0.1, 0.15) is 27.2 Å². The van der Waals surface area contributed by atoms with Crippen LogP contribution in [0, 0.1) is 5.92 Å². The Morgan fingerprint density at radius 3 is 2.33 bits per heavy atom. The highest BCUT2D eigenvalue weighted by atomic mass is 16.4. The Hall–Kier alpha value is -1.10. The number of carbonyl (C=O) groups is 2. The van der Waals surface area contributed by atoms with E-state index in [9.17, 15) is 9.59 Å². The molecule has 0 saturated heterocycles. The van der Waals surface area contributed by atoms with E-state index < -0.39 is 12.0 Å². The summed E-state index contributed by atoms with van der Waals surface area (Å²) in [6, 6.07) is -0.781. The predicted molar refractivity (Wildman–Crippen MR) is 57.6 cm³/mol. The van der Waals surface area contributed by atoms with Crippen LogP contribution in [0.4, 0.5) is 0 Å². The summed E-state index contributed by atoms with van der Waals surface area (Å²) in [5.74, 6) is -1.01. The van der Waals surface area contributed by atoms with Crippen molar-refractivity contribution in [2.75, 3.05) is 13.1 Å². The largest absolute Gasteiger partial charge is 0.480 e. The number of rotatable bonds is 7. The Kier molecular flexibility index (Phi) is 6.70. The molecule has 1 atom stereocenters. The fourth-order valence-electron chi connectivity index (χ4n) is 1.18. The minimum Gasteiger partial charge on any atom is -0.480 e. The molecule has 0 spiro atoms. The van der Waals surface area contributed by atoms with Crippen LogP contribution < -0.4 is 10.6 Å². The summed E-state index contributed by atoms with van der Waals surface area (Å²) < 4.78 is 0. The maximum atomic E-state index is 11.3. The van der Waals surface area contributed by atoms with Gasteiger partial charge in [0, 0.05) is 0 Å². The minimum atomic E-state index is -0.978. The predicted octanol–water partition coefficient (Wildman–Crippen LogP) is 0.211. The van der Waals surface area contributed by atoms with Crippen LogP contribution in [0.25, 0.3) is 0 Å². The highest BCUT2D eigenvalue weighted by Crippen LogP contribution is 2.04. The summed E-state index contributed by atoms with van der Waals surface area (Å²) >= 11 is 0. The van der Waals surface area contributed by atoms with Gasteiger partial charge in [0.2, 0.25) is 5.91 Å². The molecule has 0 aromatic heterocycles. The van der Waals surface area contributed by atoms with Gasteiger partial charge in [-0.1, -0.05) is 20.8 Å². The molecule has 0 aliphatic rings. The smallest absolute Gasteiger partial charge is 0.326 e. The van der Waals surface area contributed by atoms with Crippen molar-refractivity contribution in [1.82, 2.24) is 10.6 Å². The monoisotopic (exact) mass is 216 g/mol. The standard InChI is InChI=1S/C10H20N2O3/c1-4-11-6-9(13)12-8(10(14)15)5-7(2)3/h7-8,11H,4-6H2,1-3H3,(H,12,13)(H,14,15)/t8-/m1/s1. The molecule has 0 saturated carbocycles. The second-order valence-corrected chi connectivity index (χ2v) is 3.87. The molecular weight excluding hydrogens is 196 g/mol. The van der Waals surface area contributed by atoms with E-state index >= 15 is 0 Å². The number of aliphatic carboxylic acids is 1. The normalized spacial score (nSPS) is 12.5. The van der Waals surface area contributed by atoms with Crippen LogP contribution in [0.2, 0.25) is 0 Å². The number of carboxylic acid groups (broad SMARTS) is 1. The van der Waals surface area contributed by atoms with Gasteiger partial charge >= 0.3 is 5.97 Å². The Balaban J connectivity index is 4.05. The zero-order chi connectivity index (χ0) is 11.8. The first kappa shape index (κ1) is 13.9. The third-order valence-electron chi connectivity index (χ3n) is 1.88. The van der Waals surface area contributed by atoms with E-state index in [2.05, 4.69) is 10.6 Å². The van der Waals surface area contributed by atoms with Gasteiger partial charge in [0.25, 0.3) is 0 Å². The van der Waals surface area contributed by atoms with Crippen LogP contribution in [-0.2, 0) is 9.59 Å². The third-order valence-corrected chi connectivity index (χ3v) is 1.88. The molecule has 0 heterocycles. The molecule has 0 aliphatic heterocycles. The molecular formula is C10H20N2O3. The molecule has 0 radical (unpaired) electrons. The zero-order valence-corrected chi connectivity index (χ0v) is 9.54. The summed E-state index contributed by atoms with van der Waals surface area (Å²) in [5.41, 5.74) is 0. The molecule has 1 amide bonds. The summed E-state index contributed by atoms with van der Waals surface area (Å²) in [5, 5.41) is 14.2. The van der Waals surface area contributed by atoms with E-state index in [-0.39, 0.29) is 18.4 Å². The van der Waals surface area contributed by atoms with E-state index in [1.54, 1.807) is 0 Å². The molecule has 0 aromatic carbocycles. The molecule has 0 aliphatic carbocycles. The molecule has 0 fully saturated rings. The summed E-state index contributed by atoms with van der Waals surface area (Å²) in [7, 11) is 0. The van der Waals surface area contributed by atoms with Crippen molar-refractivity contribution >= 4 is 11.9 Å². The van der Waals surface area contributed by atoms with Crippen LogP contribution >= 0.6 is 0 Å². The van der Waals surface area contributed by atoms with Gasteiger partial charge < -0.3 is 15.7 Å². The molecule has 88 valence electrons. The highest BCUT2D eigenvalue weighted by molar-refractivity contribution is 5.84. The molecule has 15 heavy (non-hydrogen) atoms. The molecule has 0 bridgehead atoms. The van der Waals surface area contributed by atoms with Gasteiger partial charge in [0.15, 0.2) is 0 Å².